The zero-order valence-electron chi connectivity index (χ0n) is 17.7. The number of fused-ring (bicyclic) bond motifs is 1. The highest BCUT2D eigenvalue weighted by molar-refractivity contribution is 6.43. The molecule has 3 aromatic carbocycles. The number of hydrogen-bond acceptors (Lipinski definition) is 4. The molecule has 0 bridgehead atoms. The number of benzene rings is 3. The van der Waals surface area contributed by atoms with Gasteiger partial charge in [0.1, 0.15) is 0 Å². The third kappa shape index (κ3) is 4.14. The predicted molar refractivity (Wildman–Crippen MR) is 129 cm³/mol. The zero-order chi connectivity index (χ0) is 22.7. The van der Waals surface area contributed by atoms with E-state index in [1.54, 1.807) is 43.5 Å². The SMILES string of the molecule is COc1ccc(CCN/C=C2\C(=O)N(c3c(Cl)cccc3Cl)c3ccccc32)cc1OC. The van der Waals surface area contributed by atoms with Crippen LogP contribution in [0.5, 0.6) is 11.5 Å². The lowest BCUT2D eigenvalue weighted by Gasteiger charge is -2.20. The van der Waals surface area contributed by atoms with Crippen molar-refractivity contribution in [1.29, 1.82) is 0 Å². The molecule has 4 rings (SSSR count). The van der Waals surface area contributed by atoms with E-state index in [0.717, 1.165) is 23.2 Å². The Morgan fingerprint density at radius 2 is 1.66 bits per heavy atom. The van der Waals surface area contributed by atoms with Gasteiger partial charge in [0.15, 0.2) is 11.5 Å². The molecular weight excluding hydrogens is 447 g/mol. The molecule has 32 heavy (non-hydrogen) atoms. The molecule has 1 heterocycles. The Kier molecular flexibility index (Phi) is 6.58. The molecule has 3 aromatic rings. The standard InChI is InChI=1S/C25H22Cl2N2O3/c1-31-22-11-10-16(14-23(22)32-2)12-13-28-15-18-17-6-3-4-9-21(17)29(25(18)30)24-19(26)7-5-8-20(24)27/h3-11,14-15,28H,12-13H2,1-2H3/b18-15-. The van der Waals surface area contributed by atoms with E-state index in [2.05, 4.69) is 5.32 Å². The van der Waals surface area contributed by atoms with Gasteiger partial charge in [0.05, 0.1) is 41.2 Å². The summed E-state index contributed by atoms with van der Waals surface area (Å²) in [6.45, 7) is 0.640. The summed E-state index contributed by atoms with van der Waals surface area (Å²) in [5.74, 6) is 1.20. The molecule has 0 saturated carbocycles. The zero-order valence-corrected chi connectivity index (χ0v) is 19.2. The molecule has 1 aliphatic heterocycles. The Labute approximate surface area is 197 Å². The first kappa shape index (κ1) is 22.1. The van der Waals surface area contributed by atoms with Crippen LogP contribution in [0.15, 0.2) is 66.9 Å². The number of carbonyl (C=O) groups is 1. The third-order valence-corrected chi connectivity index (χ3v) is 5.89. The number of nitrogens with one attached hydrogen (secondary N) is 1. The summed E-state index contributed by atoms with van der Waals surface area (Å²) < 4.78 is 10.6. The second kappa shape index (κ2) is 9.55. The molecule has 7 heteroatoms. The van der Waals surface area contributed by atoms with Crippen LogP contribution < -0.4 is 19.7 Å². The van der Waals surface area contributed by atoms with E-state index in [1.165, 1.54) is 0 Å². The van der Waals surface area contributed by atoms with E-state index in [-0.39, 0.29) is 5.91 Å². The van der Waals surface area contributed by atoms with Crippen molar-refractivity contribution in [1.82, 2.24) is 5.32 Å². The summed E-state index contributed by atoms with van der Waals surface area (Å²) in [6, 6.07) is 18.6. The molecule has 0 aliphatic carbocycles. The van der Waals surface area contributed by atoms with E-state index in [1.807, 2.05) is 42.5 Å². The van der Waals surface area contributed by atoms with Gasteiger partial charge in [0, 0.05) is 18.3 Å². The van der Waals surface area contributed by atoms with Crippen molar-refractivity contribution in [2.45, 2.75) is 6.42 Å². The quantitative estimate of drug-likeness (QED) is 0.348. The fourth-order valence-electron chi connectivity index (χ4n) is 3.73. The topological polar surface area (TPSA) is 50.8 Å². The van der Waals surface area contributed by atoms with Crippen molar-refractivity contribution in [3.63, 3.8) is 0 Å². The van der Waals surface area contributed by atoms with Gasteiger partial charge in [-0.1, -0.05) is 53.5 Å². The second-order valence-electron chi connectivity index (χ2n) is 7.18. The molecule has 0 saturated heterocycles. The van der Waals surface area contributed by atoms with Crippen molar-refractivity contribution < 1.29 is 14.3 Å². The number of para-hydroxylation sites is 2. The maximum absolute atomic E-state index is 13.4. The number of anilines is 2. The molecule has 1 N–H and O–H groups in total. The van der Waals surface area contributed by atoms with Gasteiger partial charge < -0.3 is 14.8 Å². The minimum absolute atomic E-state index is 0.181. The minimum atomic E-state index is -0.181. The summed E-state index contributed by atoms with van der Waals surface area (Å²) in [5, 5.41) is 4.11. The Bertz CT molecular complexity index is 1170. The lowest BCUT2D eigenvalue weighted by atomic mass is 10.1. The Hall–Kier alpha value is -3.15. The number of nitrogens with zero attached hydrogens (tertiary/aromatic N) is 1. The predicted octanol–water partition coefficient (Wildman–Crippen LogP) is 5.86. The van der Waals surface area contributed by atoms with Crippen LogP contribution in [0.25, 0.3) is 5.57 Å². The Balaban J connectivity index is 1.55. The maximum Gasteiger partial charge on any atom is 0.265 e. The van der Waals surface area contributed by atoms with Crippen LogP contribution >= 0.6 is 23.2 Å². The third-order valence-electron chi connectivity index (χ3n) is 5.28. The summed E-state index contributed by atoms with van der Waals surface area (Å²) >= 11 is 12.8. The van der Waals surface area contributed by atoms with Crippen molar-refractivity contribution >= 4 is 46.1 Å². The number of rotatable bonds is 7. The van der Waals surface area contributed by atoms with Gasteiger partial charge in [-0.25, -0.2) is 0 Å². The molecule has 0 radical (unpaired) electrons. The number of halogens is 2. The van der Waals surface area contributed by atoms with Crippen LogP contribution in [-0.2, 0) is 11.2 Å². The Morgan fingerprint density at radius 3 is 2.38 bits per heavy atom. The van der Waals surface area contributed by atoms with E-state index < -0.39 is 0 Å². The molecule has 5 nitrogen and oxygen atoms in total. The molecule has 0 atom stereocenters. The smallest absolute Gasteiger partial charge is 0.265 e. The van der Waals surface area contributed by atoms with Gasteiger partial charge >= 0.3 is 0 Å². The summed E-state index contributed by atoms with van der Waals surface area (Å²) in [6.07, 6.45) is 2.51. The molecule has 0 fully saturated rings. The fourth-order valence-corrected chi connectivity index (χ4v) is 4.30. The Morgan fingerprint density at radius 1 is 0.938 bits per heavy atom. The molecule has 0 unspecified atom stereocenters. The number of carbonyl (C=O) groups excluding carboxylic acids is 1. The normalized spacial score (nSPS) is 13.9. The van der Waals surface area contributed by atoms with E-state index in [4.69, 9.17) is 32.7 Å². The van der Waals surface area contributed by atoms with Crippen LogP contribution in [0.1, 0.15) is 11.1 Å². The van der Waals surface area contributed by atoms with Crippen LogP contribution in [0.4, 0.5) is 11.4 Å². The average molecular weight is 469 g/mol. The molecule has 0 aromatic heterocycles. The van der Waals surface area contributed by atoms with Gasteiger partial charge in [0.25, 0.3) is 5.91 Å². The maximum atomic E-state index is 13.4. The first-order valence-corrected chi connectivity index (χ1v) is 10.8. The lowest BCUT2D eigenvalue weighted by Crippen LogP contribution is -2.22. The largest absolute Gasteiger partial charge is 0.493 e. The second-order valence-corrected chi connectivity index (χ2v) is 7.99. The van der Waals surface area contributed by atoms with Crippen LogP contribution in [0, 0.1) is 0 Å². The van der Waals surface area contributed by atoms with Gasteiger partial charge in [0.2, 0.25) is 0 Å². The highest BCUT2D eigenvalue weighted by Gasteiger charge is 2.35. The van der Waals surface area contributed by atoms with Gasteiger partial charge in [-0.05, 0) is 42.3 Å². The van der Waals surface area contributed by atoms with Gasteiger partial charge in [-0.15, -0.1) is 0 Å². The van der Waals surface area contributed by atoms with Crippen LogP contribution in [0.3, 0.4) is 0 Å². The number of methoxy groups -OCH3 is 2. The number of amides is 1. The van der Waals surface area contributed by atoms with E-state index in [0.29, 0.717) is 39.3 Å². The molecular formula is C25H22Cl2N2O3. The highest BCUT2D eigenvalue weighted by Crippen LogP contribution is 2.46. The first-order chi connectivity index (χ1) is 15.5. The van der Waals surface area contributed by atoms with Crippen molar-refractivity contribution in [3.8, 4) is 11.5 Å². The van der Waals surface area contributed by atoms with Crippen LogP contribution in [-0.4, -0.2) is 26.7 Å². The minimum Gasteiger partial charge on any atom is -0.493 e. The highest BCUT2D eigenvalue weighted by atomic mass is 35.5. The summed E-state index contributed by atoms with van der Waals surface area (Å²) in [4.78, 5) is 14.9. The van der Waals surface area contributed by atoms with E-state index >= 15 is 0 Å². The molecule has 164 valence electrons. The number of ether oxygens (including phenoxy) is 2. The van der Waals surface area contributed by atoms with Crippen molar-refractivity contribution in [2.75, 3.05) is 25.7 Å². The molecule has 1 amide bonds. The molecule has 0 spiro atoms. The molecule has 1 aliphatic rings. The van der Waals surface area contributed by atoms with Crippen molar-refractivity contribution in [3.05, 3.63) is 88.0 Å². The fraction of sp³-hybridized carbons (Fsp3) is 0.160. The number of hydrogen-bond donors (Lipinski definition) is 1. The lowest BCUT2D eigenvalue weighted by molar-refractivity contribution is -0.112. The summed E-state index contributed by atoms with van der Waals surface area (Å²) in [7, 11) is 3.23. The van der Waals surface area contributed by atoms with Crippen LogP contribution in [0.2, 0.25) is 10.0 Å². The summed E-state index contributed by atoms with van der Waals surface area (Å²) in [5.41, 5.74) is 3.72. The average Bonchev–Trinajstić information content (AvgIpc) is 3.08. The van der Waals surface area contributed by atoms with E-state index in [9.17, 15) is 4.79 Å². The first-order valence-electron chi connectivity index (χ1n) is 10.1. The monoisotopic (exact) mass is 468 g/mol. The van der Waals surface area contributed by atoms with Gasteiger partial charge in [-0.3, -0.25) is 9.69 Å². The van der Waals surface area contributed by atoms with Crippen molar-refractivity contribution in [2.24, 2.45) is 0 Å². The van der Waals surface area contributed by atoms with Gasteiger partial charge in [-0.2, -0.15) is 0 Å².